The van der Waals surface area contributed by atoms with Crippen LogP contribution in [0.15, 0.2) is 36.4 Å². The van der Waals surface area contributed by atoms with E-state index < -0.39 is 41.9 Å². The third-order valence-electron chi connectivity index (χ3n) is 4.21. The summed E-state index contributed by atoms with van der Waals surface area (Å²) in [4.78, 5) is 12.1. The van der Waals surface area contributed by atoms with Crippen LogP contribution in [0, 0.1) is 11.6 Å². The van der Waals surface area contributed by atoms with E-state index >= 15 is 0 Å². The average molecular weight is 416 g/mol. The maximum absolute atomic E-state index is 14.5. The topological polar surface area (TPSA) is 35.5 Å². The van der Waals surface area contributed by atoms with Gasteiger partial charge >= 0.3 is 12.1 Å². The molecule has 0 aliphatic heterocycles. The summed E-state index contributed by atoms with van der Waals surface area (Å²) in [5.74, 6) is -3.92. The maximum Gasteiger partial charge on any atom is 0.425 e. The molecule has 29 heavy (non-hydrogen) atoms. The molecule has 0 N–H and O–H groups in total. The van der Waals surface area contributed by atoms with Crippen LogP contribution in [0.4, 0.5) is 22.0 Å². The van der Waals surface area contributed by atoms with Gasteiger partial charge in [0.15, 0.2) is 17.7 Å². The summed E-state index contributed by atoms with van der Waals surface area (Å²) >= 11 is 0. The maximum atomic E-state index is 14.5. The molecule has 0 aliphatic rings. The molecule has 0 aromatic heterocycles. The summed E-state index contributed by atoms with van der Waals surface area (Å²) < 4.78 is 77.7. The minimum atomic E-state index is -4.79. The highest BCUT2D eigenvalue weighted by Gasteiger charge is 2.42. The molecule has 0 saturated heterocycles. The second kappa shape index (κ2) is 9.71. The largest absolute Gasteiger partial charge is 0.494 e. The van der Waals surface area contributed by atoms with Crippen molar-refractivity contribution in [1.29, 1.82) is 0 Å². The number of hydrogen-bond acceptors (Lipinski definition) is 3. The van der Waals surface area contributed by atoms with E-state index in [1.54, 1.807) is 26.0 Å². The Morgan fingerprint density at radius 2 is 1.66 bits per heavy atom. The number of unbranched alkanes of at least 4 members (excludes halogenated alkanes) is 1. The minimum Gasteiger partial charge on any atom is -0.494 e. The van der Waals surface area contributed by atoms with Crippen molar-refractivity contribution >= 4 is 5.97 Å². The van der Waals surface area contributed by atoms with Gasteiger partial charge in [0.05, 0.1) is 12.2 Å². The zero-order chi connectivity index (χ0) is 21.6. The Kier molecular flexibility index (Phi) is 7.59. The van der Waals surface area contributed by atoms with Gasteiger partial charge in [-0.15, -0.1) is 0 Å². The van der Waals surface area contributed by atoms with E-state index in [9.17, 15) is 26.7 Å². The van der Waals surface area contributed by atoms with Crippen LogP contribution in [-0.4, -0.2) is 24.9 Å². The average Bonchev–Trinajstić information content (AvgIpc) is 2.67. The van der Waals surface area contributed by atoms with Crippen LogP contribution >= 0.6 is 0 Å². The molecule has 2 aromatic carbocycles. The number of halogens is 5. The molecule has 0 radical (unpaired) electrons. The number of esters is 1. The predicted octanol–water partition coefficient (Wildman–Crippen LogP) is 6.31. The standard InChI is InChI=1S/C21H21F5O3/c1-3-5-6-17(21(24,25)26)29-20(27)16-12-11-15(18(22)19(16)23)13-7-9-14(10-8-13)28-4-2/h7-12,17H,3-6H2,1-2H3. The Balaban J connectivity index is 2.26. The zero-order valence-corrected chi connectivity index (χ0v) is 16.0. The lowest BCUT2D eigenvalue weighted by atomic mass is 10.0. The Labute approximate surface area is 165 Å². The summed E-state index contributed by atoms with van der Waals surface area (Å²) in [6.07, 6.45) is -6.97. The fourth-order valence-electron chi connectivity index (χ4n) is 2.70. The lowest BCUT2D eigenvalue weighted by Crippen LogP contribution is -2.34. The summed E-state index contributed by atoms with van der Waals surface area (Å²) in [5.41, 5.74) is -0.704. The molecule has 8 heteroatoms. The highest BCUT2D eigenvalue weighted by molar-refractivity contribution is 5.90. The molecule has 0 bridgehead atoms. The van der Waals surface area contributed by atoms with Gasteiger partial charge in [-0.3, -0.25) is 0 Å². The van der Waals surface area contributed by atoms with E-state index in [0.29, 0.717) is 24.3 Å². The zero-order valence-electron chi connectivity index (χ0n) is 16.0. The Morgan fingerprint density at radius 1 is 1.00 bits per heavy atom. The van der Waals surface area contributed by atoms with Crippen molar-refractivity contribution in [2.24, 2.45) is 0 Å². The van der Waals surface area contributed by atoms with Gasteiger partial charge < -0.3 is 9.47 Å². The summed E-state index contributed by atoms with van der Waals surface area (Å²) in [5, 5.41) is 0. The van der Waals surface area contributed by atoms with Crippen molar-refractivity contribution in [2.45, 2.75) is 45.4 Å². The van der Waals surface area contributed by atoms with Crippen molar-refractivity contribution in [2.75, 3.05) is 6.61 Å². The summed E-state index contributed by atoms with van der Waals surface area (Å²) in [6, 6.07) is 8.19. The van der Waals surface area contributed by atoms with E-state index in [-0.39, 0.29) is 12.0 Å². The Hall–Kier alpha value is -2.64. The van der Waals surface area contributed by atoms with Crippen LogP contribution in [-0.2, 0) is 4.74 Å². The molecule has 0 amide bonds. The summed E-state index contributed by atoms with van der Waals surface area (Å²) in [6.45, 7) is 3.92. The first-order chi connectivity index (χ1) is 13.7. The van der Waals surface area contributed by atoms with E-state index in [2.05, 4.69) is 4.74 Å². The molecule has 2 aromatic rings. The Bertz CT molecular complexity index is 831. The molecule has 158 valence electrons. The van der Waals surface area contributed by atoms with Crippen molar-refractivity contribution < 1.29 is 36.2 Å². The van der Waals surface area contributed by atoms with Crippen LogP contribution < -0.4 is 4.74 Å². The van der Waals surface area contributed by atoms with Gasteiger partial charge in [-0.05, 0) is 43.5 Å². The number of carbonyl (C=O) groups is 1. The first-order valence-corrected chi connectivity index (χ1v) is 9.17. The van der Waals surface area contributed by atoms with Crippen molar-refractivity contribution in [3.63, 3.8) is 0 Å². The second-order valence-electron chi connectivity index (χ2n) is 6.32. The van der Waals surface area contributed by atoms with Gasteiger partial charge in [-0.2, -0.15) is 13.2 Å². The normalized spacial score (nSPS) is 12.5. The third-order valence-corrected chi connectivity index (χ3v) is 4.21. The Morgan fingerprint density at radius 3 is 2.21 bits per heavy atom. The molecule has 0 aliphatic carbocycles. The first-order valence-electron chi connectivity index (χ1n) is 9.17. The molecule has 0 saturated carbocycles. The molecule has 1 unspecified atom stereocenters. The van der Waals surface area contributed by atoms with Crippen LogP contribution in [0.2, 0.25) is 0 Å². The minimum absolute atomic E-state index is 0.138. The smallest absolute Gasteiger partial charge is 0.425 e. The van der Waals surface area contributed by atoms with Crippen LogP contribution in [0.1, 0.15) is 43.5 Å². The number of rotatable bonds is 8. The molecular weight excluding hydrogens is 395 g/mol. The van der Waals surface area contributed by atoms with Crippen LogP contribution in [0.25, 0.3) is 11.1 Å². The number of benzene rings is 2. The SMILES string of the molecule is CCCCC(OC(=O)c1ccc(-c2ccc(OCC)cc2)c(F)c1F)C(F)(F)F. The van der Waals surface area contributed by atoms with E-state index in [4.69, 9.17) is 4.74 Å². The molecule has 0 fully saturated rings. The lowest BCUT2D eigenvalue weighted by molar-refractivity contribution is -0.206. The molecule has 0 spiro atoms. The monoisotopic (exact) mass is 416 g/mol. The number of alkyl halides is 3. The first kappa shape index (κ1) is 22.6. The predicted molar refractivity (Wildman–Crippen MR) is 97.7 cm³/mol. The fourth-order valence-corrected chi connectivity index (χ4v) is 2.70. The summed E-state index contributed by atoms with van der Waals surface area (Å²) in [7, 11) is 0. The van der Waals surface area contributed by atoms with Gasteiger partial charge in [0.2, 0.25) is 0 Å². The van der Waals surface area contributed by atoms with Crippen molar-refractivity contribution in [3.8, 4) is 16.9 Å². The lowest BCUT2D eigenvalue weighted by Gasteiger charge is -2.20. The molecule has 2 rings (SSSR count). The molecule has 3 nitrogen and oxygen atoms in total. The van der Waals surface area contributed by atoms with E-state index in [1.807, 2.05) is 0 Å². The van der Waals surface area contributed by atoms with Gasteiger partial charge in [-0.1, -0.05) is 31.5 Å². The van der Waals surface area contributed by atoms with Crippen molar-refractivity contribution in [3.05, 3.63) is 53.6 Å². The molecular formula is C21H21F5O3. The van der Waals surface area contributed by atoms with Crippen LogP contribution in [0.3, 0.4) is 0 Å². The van der Waals surface area contributed by atoms with E-state index in [0.717, 1.165) is 12.1 Å². The van der Waals surface area contributed by atoms with Crippen LogP contribution in [0.5, 0.6) is 5.75 Å². The highest BCUT2D eigenvalue weighted by Crippen LogP contribution is 2.31. The quantitative estimate of drug-likeness (QED) is 0.374. The third kappa shape index (κ3) is 5.68. The number of carbonyl (C=O) groups excluding carboxylic acids is 1. The number of hydrogen-bond donors (Lipinski definition) is 0. The van der Waals surface area contributed by atoms with Gasteiger partial charge in [0, 0.05) is 5.56 Å². The molecule has 1 atom stereocenters. The fraction of sp³-hybridized carbons (Fsp3) is 0.381. The van der Waals surface area contributed by atoms with Gasteiger partial charge in [0.25, 0.3) is 0 Å². The van der Waals surface area contributed by atoms with Gasteiger partial charge in [-0.25, -0.2) is 13.6 Å². The van der Waals surface area contributed by atoms with E-state index in [1.165, 1.54) is 12.1 Å². The second-order valence-corrected chi connectivity index (χ2v) is 6.32. The highest BCUT2D eigenvalue weighted by atomic mass is 19.4. The number of ether oxygens (including phenoxy) is 2. The molecule has 0 heterocycles. The van der Waals surface area contributed by atoms with Crippen molar-refractivity contribution in [1.82, 2.24) is 0 Å². The van der Waals surface area contributed by atoms with Gasteiger partial charge in [0.1, 0.15) is 5.75 Å².